The molecule has 0 amide bonds. The van der Waals surface area contributed by atoms with E-state index in [1.807, 2.05) is 13.0 Å². The Morgan fingerprint density at radius 3 is 2.58 bits per heavy atom. The Labute approximate surface area is 113 Å². The molecule has 1 heterocycles. The van der Waals surface area contributed by atoms with Crippen LogP contribution in [0, 0.1) is 0 Å². The Morgan fingerprint density at radius 1 is 1.32 bits per heavy atom. The summed E-state index contributed by atoms with van der Waals surface area (Å²) in [5.41, 5.74) is 0.0576. The minimum Gasteiger partial charge on any atom is -0.480 e. The molecule has 0 saturated heterocycles. The normalized spacial score (nSPS) is 18.6. The molecule has 0 unspecified atom stereocenters. The summed E-state index contributed by atoms with van der Waals surface area (Å²) in [6.45, 7) is 2.02. The fourth-order valence-corrected chi connectivity index (χ4v) is 2.63. The van der Waals surface area contributed by atoms with Gasteiger partial charge in [0.1, 0.15) is 17.7 Å². The van der Waals surface area contributed by atoms with Crippen molar-refractivity contribution in [3.05, 3.63) is 18.1 Å². The Hall–Kier alpha value is -1.65. The summed E-state index contributed by atoms with van der Waals surface area (Å²) in [6, 6.07) is 1.84. The number of carboxylic acid groups (broad SMARTS) is 1. The molecule has 5 nitrogen and oxygen atoms in total. The number of nitrogens with zero attached hydrogens (tertiary/aromatic N) is 2. The first-order valence-electron chi connectivity index (χ1n) is 6.99. The SMILES string of the molecule is CCc1cc(NC2(C(=O)O)CCCCCC2)ncn1. The van der Waals surface area contributed by atoms with Crippen LogP contribution in [0.2, 0.25) is 0 Å². The predicted octanol–water partition coefficient (Wildman–Crippen LogP) is 2.63. The van der Waals surface area contributed by atoms with Gasteiger partial charge in [0.2, 0.25) is 0 Å². The van der Waals surface area contributed by atoms with E-state index in [-0.39, 0.29) is 0 Å². The van der Waals surface area contributed by atoms with Crippen LogP contribution >= 0.6 is 0 Å². The van der Waals surface area contributed by atoms with E-state index >= 15 is 0 Å². The summed E-state index contributed by atoms with van der Waals surface area (Å²) in [4.78, 5) is 20.0. The lowest BCUT2D eigenvalue weighted by molar-refractivity contribution is -0.142. The van der Waals surface area contributed by atoms with Crippen LogP contribution in [0.4, 0.5) is 5.82 Å². The van der Waals surface area contributed by atoms with Gasteiger partial charge in [0, 0.05) is 11.8 Å². The zero-order valence-electron chi connectivity index (χ0n) is 11.4. The highest BCUT2D eigenvalue weighted by molar-refractivity contribution is 5.82. The number of anilines is 1. The number of hydrogen-bond donors (Lipinski definition) is 2. The summed E-state index contributed by atoms with van der Waals surface area (Å²) in [7, 11) is 0. The van der Waals surface area contributed by atoms with Crippen LogP contribution in [-0.2, 0) is 11.2 Å². The smallest absolute Gasteiger partial charge is 0.329 e. The van der Waals surface area contributed by atoms with Gasteiger partial charge in [0.25, 0.3) is 0 Å². The third-order valence-electron chi connectivity index (χ3n) is 3.82. The lowest BCUT2D eigenvalue weighted by Gasteiger charge is -2.29. The summed E-state index contributed by atoms with van der Waals surface area (Å²) >= 11 is 0. The van der Waals surface area contributed by atoms with Crippen LogP contribution in [-0.4, -0.2) is 26.6 Å². The molecule has 0 radical (unpaired) electrons. The van der Waals surface area contributed by atoms with Crippen molar-refractivity contribution in [1.82, 2.24) is 9.97 Å². The van der Waals surface area contributed by atoms with Crippen LogP contribution < -0.4 is 5.32 Å². The minimum atomic E-state index is -0.865. The van der Waals surface area contributed by atoms with E-state index in [1.54, 1.807) is 0 Å². The van der Waals surface area contributed by atoms with Gasteiger partial charge in [-0.3, -0.25) is 0 Å². The number of carboxylic acids is 1. The fourth-order valence-electron chi connectivity index (χ4n) is 2.63. The van der Waals surface area contributed by atoms with Crippen LogP contribution in [0.25, 0.3) is 0 Å². The molecule has 104 valence electrons. The summed E-state index contributed by atoms with van der Waals surface area (Å²) in [5, 5.41) is 12.8. The van der Waals surface area contributed by atoms with Crippen molar-refractivity contribution in [2.24, 2.45) is 0 Å². The van der Waals surface area contributed by atoms with E-state index in [9.17, 15) is 9.90 Å². The molecular formula is C14H21N3O2. The fraction of sp³-hybridized carbons (Fsp3) is 0.643. The molecule has 0 aliphatic heterocycles. The minimum absolute atomic E-state index is 0.621. The molecule has 1 aromatic rings. The molecule has 1 aromatic heterocycles. The van der Waals surface area contributed by atoms with Crippen molar-refractivity contribution in [2.45, 2.75) is 57.4 Å². The summed E-state index contributed by atoms with van der Waals surface area (Å²) in [6.07, 6.45) is 7.75. The lowest BCUT2D eigenvalue weighted by atomic mass is 9.90. The van der Waals surface area contributed by atoms with Gasteiger partial charge in [-0.05, 0) is 19.3 Å². The van der Waals surface area contributed by atoms with E-state index in [4.69, 9.17) is 0 Å². The molecule has 1 aliphatic carbocycles. The molecule has 0 bridgehead atoms. The van der Waals surface area contributed by atoms with Crippen molar-refractivity contribution in [3.8, 4) is 0 Å². The Bertz CT molecular complexity index is 440. The highest BCUT2D eigenvalue weighted by Crippen LogP contribution is 2.30. The maximum absolute atomic E-state index is 11.7. The second-order valence-corrected chi connectivity index (χ2v) is 5.17. The second kappa shape index (κ2) is 5.99. The Morgan fingerprint density at radius 2 is 2.00 bits per heavy atom. The van der Waals surface area contributed by atoms with Crippen molar-refractivity contribution < 1.29 is 9.90 Å². The van der Waals surface area contributed by atoms with E-state index in [2.05, 4.69) is 15.3 Å². The third kappa shape index (κ3) is 3.22. The van der Waals surface area contributed by atoms with Crippen molar-refractivity contribution >= 4 is 11.8 Å². The number of aliphatic carboxylic acids is 1. The summed E-state index contributed by atoms with van der Waals surface area (Å²) < 4.78 is 0. The van der Waals surface area contributed by atoms with Gasteiger partial charge in [-0.2, -0.15) is 0 Å². The van der Waals surface area contributed by atoms with Gasteiger partial charge in [0.15, 0.2) is 0 Å². The molecule has 2 N–H and O–H groups in total. The van der Waals surface area contributed by atoms with Crippen molar-refractivity contribution in [3.63, 3.8) is 0 Å². The highest BCUT2D eigenvalue weighted by Gasteiger charge is 2.38. The van der Waals surface area contributed by atoms with Crippen LogP contribution in [0.3, 0.4) is 0 Å². The average molecular weight is 263 g/mol. The molecule has 1 fully saturated rings. The van der Waals surface area contributed by atoms with Crippen molar-refractivity contribution in [2.75, 3.05) is 5.32 Å². The largest absolute Gasteiger partial charge is 0.480 e. The van der Waals surface area contributed by atoms with Crippen LogP contribution in [0.5, 0.6) is 0 Å². The van der Waals surface area contributed by atoms with E-state index in [0.29, 0.717) is 18.7 Å². The first kappa shape index (κ1) is 13.8. The van der Waals surface area contributed by atoms with Crippen LogP contribution in [0.15, 0.2) is 12.4 Å². The summed E-state index contributed by atoms with van der Waals surface area (Å²) in [5.74, 6) is -0.151. The number of carbonyl (C=O) groups is 1. The van der Waals surface area contributed by atoms with Gasteiger partial charge in [-0.25, -0.2) is 14.8 Å². The van der Waals surface area contributed by atoms with E-state index in [0.717, 1.165) is 37.8 Å². The van der Waals surface area contributed by atoms with Crippen LogP contribution in [0.1, 0.15) is 51.1 Å². The molecule has 0 aromatic carbocycles. The molecule has 19 heavy (non-hydrogen) atoms. The molecule has 1 aliphatic rings. The number of aryl methyl sites for hydroxylation is 1. The Balaban J connectivity index is 2.21. The number of hydrogen-bond acceptors (Lipinski definition) is 4. The molecule has 1 saturated carbocycles. The van der Waals surface area contributed by atoms with Crippen molar-refractivity contribution in [1.29, 1.82) is 0 Å². The highest BCUT2D eigenvalue weighted by atomic mass is 16.4. The standard InChI is InChI=1S/C14H21N3O2/c1-2-11-9-12(16-10-15-11)17-14(13(18)19)7-5-3-4-6-8-14/h9-10H,2-8H2,1H3,(H,18,19)(H,15,16,17). The Kier molecular flexibility index (Phi) is 4.35. The first-order valence-corrected chi connectivity index (χ1v) is 6.99. The second-order valence-electron chi connectivity index (χ2n) is 5.17. The zero-order chi connectivity index (χ0) is 13.7. The van der Waals surface area contributed by atoms with E-state index in [1.165, 1.54) is 6.33 Å². The first-order chi connectivity index (χ1) is 9.16. The van der Waals surface area contributed by atoms with Gasteiger partial charge >= 0.3 is 5.97 Å². The molecular weight excluding hydrogens is 242 g/mol. The molecule has 0 atom stereocenters. The van der Waals surface area contributed by atoms with Gasteiger partial charge in [-0.1, -0.05) is 32.6 Å². The maximum atomic E-state index is 11.7. The molecule has 5 heteroatoms. The number of nitrogens with one attached hydrogen (secondary N) is 1. The van der Waals surface area contributed by atoms with E-state index < -0.39 is 11.5 Å². The molecule has 2 rings (SSSR count). The number of rotatable bonds is 4. The maximum Gasteiger partial charge on any atom is 0.329 e. The number of aromatic nitrogens is 2. The average Bonchev–Trinajstić information content (AvgIpc) is 2.65. The topological polar surface area (TPSA) is 75.1 Å². The third-order valence-corrected chi connectivity index (χ3v) is 3.82. The molecule has 0 spiro atoms. The monoisotopic (exact) mass is 263 g/mol. The van der Waals surface area contributed by atoms with Gasteiger partial charge in [-0.15, -0.1) is 0 Å². The zero-order valence-corrected chi connectivity index (χ0v) is 11.4. The lowest BCUT2D eigenvalue weighted by Crippen LogP contribution is -2.46. The van der Waals surface area contributed by atoms with Gasteiger partial charge in [0.05, 0.1) is 0 Å². The van der Waals surface area contributed by atoms with Gasteiger partial charge < -0.3 is 10.4 Å². The quantitative estimate of drug-likeness (QED) is 0.817. The predicted molar refractivity (Wildman–Crippen MR) is 73.1 cm³/mol.